The molecule has 0 unspecified atom stereocenters. The topological polar surface area (TPSA) is 35.1 Å². The summed E-state index contributed by atoms with van der Waals surface area (Å²) in [6.07, 6.45) is 1.82. The molecule has 6 heteroatoms. The second kappa shape index (κ2) is 3.66. The fourth-order valence-electron chi connectivity index (χ4n) is 1.83. The van der Waals surface area contributed by atoms with Crippen LogP contribution < -0.4 is 0 Å². The summed E-state index contributed by atoms with van der Waals surface area (Å²) in [5, 5.41) is 4.15. The Bertz CT molecular complexity index is 701. The number of hydrogen-bond donors (Lipinski definition) is 0. The molecule has 1 aromatic carbocycles. The lowest BCUT2D eigenvalue weighted by atomic mass is 10.1. The van der Waals surface area contributed by atoms with E-state index in [-0.39, 0.29) is 5.82 Å². The minimum Gasteiger partial charge on any atom is -0.311 e. The Morgan fingerprint density at radius 3 is 2.88 bits per heavy atom. The Morgan fingerprint density at radius 2 is 2.18 bits per heavy atom. The first kappa shape index (κ1) is 10.5. The van der Waals surface area contributed by atoms with Crippen molar-refractivity contribution in [1.29, 1.82) is 0 Å². The molecule has 2 heterocycles. The van der Waals surface area contributed by atoms with Crippen molar-refractivity contribution in [3.05, 3.63) is 41.0 Å². The summed E-state index contributed by atoms with van der Waals surface area (Å²) in [5.74, 6) is 0.451. The molecule has 0 fully saturated rings. The SMILES string of the molecule is Cn1c(-c2cccc(F)c2)cn2nc(Br)nc12. The molecule has 0 atom stereocenters. The van der Waals surface area contributed by atoms with Gasteiger partial charge in [0.25, 0.3) is 0 Å². The molecular formula is C11H8BrFN4. The maximum absolute atomic E-state index is 13.2. The van der Waals surface area contributed by atoms with Crippen molar-refractivity contribution in [2.45, 2.75) is 0 Å². The average molecular weight is 295 g/mol. The molecule has 0 aliphatic rings. The van der Waals surface area contributed by atoms with E-state index in [1.165, 1.54) is 12.1 Å². The lowest BCUT2D eigenvalue weighted by Crippen LogP contribution is -1.92. The van der Waals surface area contributed by atoms with Crippen molar-refractivity contribution in [3.8, 4) is 11.3 Å². The van der Waals surface area contributed by atoms with Crippen molar-refractivity contribution in [2.75, 3.05) is 0 Å². The first-order valence-electron chi connectivity index (χ1n) is 4.99. The third-order valence-corrected chi connectivity index (χ3v) is 2.95. The zero-order valence-electron chi connectivity index (χ0n) is 8.93. The van der Waals surface area contributed by atoms with E-state index in [9.17, 15) is 4.39 Å². The van der Waals surface area contributed by atoms with E-state index in [1.807, 2.05) is 23.9 Å². The van der Waals surface area contributed by atoms with Crippen LogP contribution in [-0.4, -0.2) is 19.2 Å². The van der Waals surface area contributed by atoms with Gasteiger partial charge in [-0.2, -0.15) is 4.98 Å². The van der Waals surface area contributed by atoms with Crippen LogP contribution in [0.3, 0.4) is 0 Å². The van der Waals surface area contributed by atoms with Gasteiger partial charge in [-0.15, -0.1) is 5.10 Å². The highest BCUT2D eigenvalue weighted by Crippen LogP contribution is 2.22. The van der Waals surface area contributed by atoms with Crippen LogP contribution in [0.4, 0.5) is 4.39 Å². The van der Waals surface area contributed by atoms with Crippen molar-refractivity contribution in [3.63, 3.8) is 0 Å². The fraction of sp³-hybridized carbons (Fsp3) is 0.0909. The minimum atomic E-state index is -0.254. The van der Waals surface area contributed by atoms with Gasteiger partial charge in [0.15, 0.2) is 0 Å². The highest BCUT2D eigenvalue weighted by molar-refractivity contribution is 9.10. The largest absolute Gasteiger partial charge is 0.311 e. The van der Waals surface area contributed by atoms with Gasteiger partial charge >= 0.3 is 0 Å². The van der Waals surface area contributed by atoms with Gasteiger partial charge in [-0.3, -0.25) is 0 Å². The number of hydrogen-bond acceptors (Lipinski definition) is 2. The zero-order valence-corrected chi connectivity index (χ0v) is 10.5. The summed E-state index contributed by atoms with van der Waals surface area (Å²) < 4.78 is 17.2. The number of aromatic nitrogens is 4. The van der Waals surface area contributed by atoms with Gasteiger partial charge in [0.05, 0.1) is 11.9 Å². The van der Waals surface area contributed by atoms with Crippen LogP contribution in [0, 0.1) is 5.82 Å². The molecule has 4 nitrogen and oxygen atoms in total. The van der Waals surface area contributed by atoms with Crippen LogP contribution >= 0.6 is 15.9 Å². The number of halogens is 2. The number of benzene rings is 1. The second-order valence-electron chi connectivity index (χ2n) is 3.71. The van der Waals surface area contributed by atoms with Crippen LogP contribution in [0.1, 0.15) is 0 Å². The molecule has 3 aromatic rings. The molecule has 86 valence electrons. The summed E-state index contributed by atoms with van der Waals surface area (Å²) in [5.41, 5.74) is 1.67. The smallest absolute Gasteiger partial charge is 0.233 e. The first-order valence-corrected chi connectivity index (χ1v) is 5.78. The lowest BCUT2D eigenvalue weighted by molar-refractivity contribution is 0.628. The van der Waals surface area contributed by atoms with E-state index in [0.29, 0.717) is 10.5 Å². The molecule has 0 aliphatic carbocycles. The predicted molar refractivity (Wildman–Crippen MR) is 65.1 cm³/mol. The monoisotopic (exact) mass is 294 g/mol. The van der Waals surface area contributed by atoms with E-state index in [2.05, 4.69) is 26.0 Å². The number of imidazole rings is 1. The van der Waals surface area contributed by atoms with E-state index in [4.69, 9.17) is 0 Å². The Morgan fingerprint density at radius 1 is 1.35 bits per heavy atom. The molecule has 0 spiro atoms. The number of fused-ring (bicyclic) bond motifs is 1. The standard InChI is InChI=1S/C11H8BrFN4/c1-16-9(7-3-2-4-8(13)5-7)6-17-11(16)14-10(12)15-17/h2-6H,1H3. The van der Waals surface area contributed by atoms with Crippen molar-refractivity contribution in [1.82, 2.24) is 19.2 Å². The molecule has 17 heavy (non-hydrogen) atoms. The van der Waals surface area contributed by atoms with Gasteiger partial charge in [0, 0.05) is 12.6 Å². The average Bonchev–Trinajstić information content (AvgIpc) is 2.78. The molecular weight excluding hydrogens is 287 g/mol. The van der Waals surface area contributed by atoms with E-state index in [0.717, 1.165) is 11.3 Å². The summed E-state index contributed by atoms with van der Waals surface area (Å²) in [6.45, 7) is 0. The van der Waals surface area contributed by atoms with Crippen LogP contribution in [0.2, 0.25) is 0 Å². The van der Waals surface area contributed by atoms with Crippen molar-refractivity contribution in [2.24, 2.45) is 7.05 Å². The number of nitrogens with zero attached hydrogens (tertiary/aromatic N) is 4. The molecule has 0 radical (unpaired) electrons. The Kier molecular flexibility index (Phi) is 2.25. The maximum Gasteiger partial charge on any atom is 0.233 e. The lowest BCUT2D eigenvalue weighted by Gasteiger charge is -2.01. The maximum atomic E-state index is 13.2. The molecule has 0 saturated carbocycles. The summed E-state index contributed by atoms with van der Waals surface area (Å²) in [6, 6.07) is 6.45. The third kappa shape index (κ3) is 1.64. The van der Waals surface area contributed by atoms with Gasteiger partial charge in [-0.05, 0) is 28.1 Å². The third-order valence-electron chi connectivity index (χ3n) is 2.61. The summed E-state index contributed by atoms with van der Waals surface area (Å²) in [7, 11) is 1.87. The Hall–Kier alpha value is -1.69. The molecule has 0 N–H and O–H groups in total. The van der Waals surface area contributed by atoms with Gasteiger partial charge in [0.2, 0.25) is 10.5 Å². The molecule has 2 aromatic heterocycles. The predicted octanol–water partition coefficient (Wildman–Crippen LogP) is 2.64. The zero-order chi connectivity index (χ0) is 12.0. The van der Waals surface area contributed by atoms with Gasteiger partial charge in [-0.25, -0.2) is 8.91 Å². The first-order chi connectivity index (χ1) is 8.15. The normalized spacial score (nSPS) is 11.2. The van der Waals surface area contributed by atoms with Crippen LogP contribution in [0.15, 0.2) is 35.2 Å². The van der Waals surface area contributed by atoms with Crippen LogP contribution in [0.25, 0.3) is 17.0 Å². The summed E-state index contributed by atoms with van der Waals surface area (Å²) in [4.78, 5) is 4.22. The number of aryl methyl sites for hydroxylation is 1. The van der Waals surface area contributed by atoms with E-state index < -0.39 is 0 Å². The molecule has 0 saturated heterocycles. The summed E-state index contributed by atoms with van der Waals surface area (Å²) >= 11 is 3.21. The van der Waals surface area contributed by atoms with Crippen molar-refractivity contribution < 1.29 is 4.39 Å². The van der Waals surface area contributed by atoms with Gasteiger partial charge in [0.1, 0.15) is 5.82 Å². The van der Waals surface area contributed by atoms with Gasteiger partial charge in [-0.1, -0.05) is 12.1 Å². The molecule has 3 rings (SSSR count). The molecule has 0 bridgehead atoms. The van der Waals surface area contributed by atoms with Gasteiger partial charge < -0.3 is 4.57 Å². The van der Waals surface area contributed by atoms with E-state index in [1.54, 1.807) is 10.6 Å². The second-order valence-corrected chi connectivity index (χ2v) is 4.42. The van der Waals surface area contributed by atoms with E-state index >= 15 is 0 Å². The Labute approximate surface area is 105 Å². The molecule has 0 aliphatic heterocycles. The fourth-order valence-corrected chi connectivity index (χ4v) is 2.16. The quantitative estimate of drug-likeness (QED) is 0.692. The van der Waals surface area contributed by atoms with Crippen LogP contribution in [-0.2, 0) is 7.05 Å². The number of rotatable bonds is 1. The highest BCUT2D eigenvalue weighted by Gasteiger charge is 2.11. The Balaban J connectivity index is 2.24. The minimum absolute atomic E-state index is 0.254. The van der Waals surface area contributed by atoms with Crippen molar-refractivity contribution >= 4 is 21.7 Å². The highest BCUT2D eigenvalue weighted by atomic mass is 79.9. The van der Waals surface area contributed by atoms with Crippen LogP contribution in [0.5, 0.6) is 0 Å². The molecule has 0 amide bonds.